The van der Waals surface area contributed by atoms with E-state index in [2.05, 4.69) is 5.32 Å². The van der Waals surface area contributed by atoms with Crippen molar-refractivity contribution in [3.8, 4) is 0 Å². The number of unbranched alkanes of at least 4 members (excludes halogenated alkanes) is 1. The first kappa shape index (κ1) is 13.4. The lowest BCUT2D eigenvalue weighted by molar-refractivity contribution is -0.141. The summed E-state index contributed by atoms with van der Waals surface area (Å²) in [5, 5.41) is 2.38. The minimum atomic E-state index is -0.730. The summed E-state index contributed by atoms with van der Waals surface area (Å²) in [5.74, 6) is -1.99. The average molecular weight is 243 g/mol. The molecule has 1 N–H and O–H groups in total. The summed E-state index contributed by atoms with van der Waals surface area (Å²) in [5.41, 5.74) is -0.306. The number of para-hydroxylation sites is 1. The largest absolute Gasteiger partial charge is 0.464 e. The molecule has 3 nitrogen and oxygen atoms in total. The molecule has 0 heterocycles. The first-order valence-electron chi connectivity index (χ1n) is 5.48. The molecule has 0 radical (unpaired) electrons. The monoisotopic (exact) mass is 243 g/mol. The molecular formula is C12H15F2NO2. The zero-order chi connectivity index (χ0) is 12.7. The summed E-state index contributed by atoms with van der Waals surface area (Å²) < 4.78 is 31.1. The van der Waals surface area contributed by atoms with Gasteiger partial charge < -0.3 is 10.1 Å². The van der Waals surface area contributed by atoms with Gasteiger partial charge >= 0.3 is 5.97 Å². The summed E-state index contributed by atoms with van der Waals surface area (Å²) in [7, 11) is 0. The lowest BCUT2D eigenvalue weighted by atomic mass is 10.3. The highest BCUT2D eigenvalue weighted by atomic mass is 19.1. The second-order valence-electron chi connectivity index (χ2n) is 3.52. The van der Waals surface area contributed by atoms with Crippen LogP contribution in [0.5, 0.6) is 0 Å². The highest BCUT2D eigenvalue weighted by molar-refractivity contribution is 5.75. The van der Waals surface area contributed by atoms with Gasteiger partial charge in [0.25, 0.3) is 0 Å². The van der Waals surface area contributed by atoms with E-state index in [4.69, 9.17) is 4.74 Å². The maximum atomic E-state index is 13.2. The van der Waals surface area contributed by atoms with Gasteiger partial charge in [0, 0.05) is 0 Å². The van der Waals surface area contributed by atoms with Crippen molar-refractivity contribution >= 4 is 11.7 Å². The molecule has 0 atom stereocenters. The number of esters is 1. The van der Waals surface area contributed by atoms with Gasteiger partial charge in [0.2, 0.25) is 0 Å². The summed E-state index contributed by atoms with van der Waals surface area (Å²) in [6.45, 7) is 2.05. The van der Waals surface area contributed by atoms with E-state index in [1.807, 2.05) is 6.92 Å². The number of hydrogen-bond acceptors (Lipinski definition) is 3. The fourth-order valence-corrected chi connectivity index (χ4v) is 1.21. The van der Waals surface area contributed by atoms with Crippen molar-refractivity contribution < 1.29 is 18.3 Å². The van der Waals surface area contributed by atoms with Crippen LogP contribution in [0.25, 0.3) is 0 Å². The van der Waals surface area contributed by atoms with E-state index in [-0.39, 0.29) is 12.2 Å². The summed E-state index contributed by atoms with van der Waals surface area (Å²) in [4.78, 5) is 11.2. The molecule has 0 saturated carbocycles. The topological polar surface area (TPSA) is 38.3 Å². The second kappa shape index (κ2) is 6.83. The number of ether oxygens (including phenoxy) is 1. The smallest absolute Gasteiger partial charge is 0.325 e. The van der Waals surface area contributed by atoms with Crippen molar-refractivity contribution in [1.29, 1.82) is 0 Å². The molecule has 0 aliphatic rings. The zero-order valence-electron chi connectivity index (χ0n) is 9.63. The van der Waals surface area contributed by atoms with Crippen LogP contribution in [0.1, 0.15) is 19.8 Å². The third-order valence-electron chi connectivity index (χ3n) is 2.13. The highest BCUT2D eigenvalue weighted by Gasteiger charge is 2.09. The third kappa shape index (κ3) is 4.38. The Hall–Kier alpha value is -1.65. The van der Waals surface area contributed by atoms with Crippen molar-refractivity contribution in [3.05, 3.63) is 29.8 Å². The van der Waals surface area contributed by atoms with Gasteiger partial charge in [0.1, 0.15) is 23.9 Å². The van der Waals surface area contributed by atoms with Crippen LogP contribution in [0.2, 0.25) is 0 Å². The van der Waals surface area contributed by atoms with E-state index < -0.39 is 17.6 Å². The molecule has 94 valence electrons. The third-order valence-corrected chi connectivity index (χ3v) is 2.13. The molecule has 1 rings (SSSR count). The van der Waals surface area contributed by atoms with Crippen molar-refractivity contribution in [2.24, 2.45) is 0 Å². The first-order chi connectivity index (χ1) is 8.15. The van der Waals surface area contributed by atoms with Crippen molar-refractivity contribution in [1.82, 2.24) is 0 Å². The van der Waals surface area contributed by atoms with E-state index in [1.54, 1.807) is 0 Å². The van der Waals surface area contributed by atoms with Gasteiger partial charge in [0.05, 0.1) is 6.61 Å². The molecule has 0 unspecified atom stereocenters. The van der Waals surface area contributed by atoms with Gasteiger partial charge in [-0.1, -0.05) is 19.4 Å². The Kier molecular flexibility index (Phi) is 5.39. The molecule has 0 aromatic heterocycles. The van der Waals surface area contributed by atoms with Crippen LogP contribution in [0, 0.1) is 11.6 Å². The molecule has 0 spiro atoms. The maximum Gasteiger partial charge on any atom is 0.325 e. The van der Waals surface area contributed by atoms with E-state index >= 15 is 0 Å². The van der Waals surface area contributed by atoms with Gasteiger partial charge in [-0.2, -0.15) is 0 Å². The summed E-state index contributed by atoms with van der Waals surface area (Å²) in [6.07, 6.45) is 1.70. The van der Waals surface area contributed by atoms with E-state index in [0.29, 0.717) is 6.61 Å². The Morgan fingerprint density at radius 1 is 1.35 bits per heavy atom. The van der Waals surface area contributed by atoms with Crippen molar-refractivity contribution in [2.75, 3.05) is 18.5 Å². The Bertz CT molecular complexity index is 363. The molecule has 0 fully saturated rings. The number of rotatable bonds is 6. The molecule has 0 saturated heterocycles. The molecule has 0 bridgehead atoms. The molecule has 0 aliphatic carbocycles. The Morgan fingerprint density at radius 2 is 2.00 bits per heavy atom. The Morgan fingerprint density at radius 3 is 2.59 bits per heavy atom. The number of benzene rings is 1. The maximum absolute atomic E-state index is 13.2. The highest BCUT2D eigenvalue weighted by Crippen LogP contribution is 2.17. The van der Waals surface area contributed by atoms with Crippen LogP contribution in [0.15, 0.2) is 18.2 Å². The molecular weight excluding hydrogens is 228 g/mol. The Labute approximate surface area is 98.8 Å². The first-order valence-corrected chi connectivity index (χ1v) is 5.48. The van der Waals surface area contributed by atoms with Crippen molar-refractivity contribution in [3.63, 3.8) is 0 Å². The zero-order valence-corrected chi connectivity index (χ0v) is 9.63. The second-order valence-corrected chi connectivity index (χ2v) is 3.52. The number of halogens is 2. The molecule has 17 heavy (non-hydrogen) atoms. The minimum absolute atomic E-state index is 0.248. The minimum Gasteiger partial charge on any atom is -0.464 e. The number of anilines is 1. The Balaban J connectivity index is 2.42. The van der Waals surface area contributed by atoms with Crippen LogP contribution < -0.4 is 5.32 Å². The van der Waals surface area contributed by atoms with Crippen molar-refractivity contribution in [2.45, 2.75) is 19.8 Å². The van der Waals surface area contributed by atoms with Crippen LogP contribution in [-0.4, -0.2) is 19.1 Å². The fourth-order valence-electron chi connectivity index (χ4n) is 1.21. The van der Waals surface area contributed by atoms with E-state index in [0.717, 1.165) is 25.0 Å². The predicted molar refractivity (Wildman–Crippen MR) is 60.7 cm³/mol. The number of hydrogen-bond donors (Lipinski definition) is 1. The molecule has 5 heteroatoms. The number of nitrogens with one attached hydrogen (secondary N) is 1. The van der Waals surface area contributed by atoms with Gasteiger partial charge in [-0.3, -0.25) is 4.79 Å². The lowest BCUT2D eigenvalue weighted by Crippen LogP contribution is -2.18. The molecule has 0 aliphatic heterocycles. The van der Waals surface area contributed by atoms with Crippen LogP contribution >= 0.6 is 0 Å². The number of carbonyl (C=O) groups excluding carboxylic acids is 1. The van der Waals surface area contributed by atoms with Crippen LogP contribution in [-0.2, 0) is 9.53 Å². The molecule has 0 amide bonds. The molecule has 1 aromatic rings. The van der Waals surface area contributed by atoms with Crippen LogP contribution in [0.4, 0.5) is 14.5 Å². The van der Waals surface area contributed by atoms with Gasteiger partial charge in [-0.25, -0.2) is 8.78 Å². The SMILES string of the molecule is CCCCOC(=O)CNc1c(F)cccc1F. The standard InChI is InChI=1S/C12H15F2NO2/c1-2-3-7-17-11(16)8-15-12-9(13)5-4-6-10(12)14/h4-6,15H,2-3,7-8H2,1H3. The van der Waals surface area contributed by atoms with E-state index in [9.17, 15) is 13.6 Å². The van der Waals surface area contributed by atoms with E-state index in [1.165, 1.54) is 6.07 Å². The molecule has 1 aromatic carbocycles. The fraction of sp³-hybridized carbons (Fsp3) is 0.417. The average Bonchev–Trinajstić information content (AvgIpc) is 2.29. The van der Waals surface area contributed by atoms with Gasteiger partial charge in [-0.15, -0.1) is 0 Å². The van der Waals surface area contributed by atoms with Crippen LogP contribution in [0.3, 0.4) is 0 Å². The van der Waals surface area contributed by atoms with Gasteiger partial charge in [-0.05, 0) is 18.6 Å². The summed E-state index contributed by atoms with van der Waals surface area (Å²) in [6, 6.07) is 3.50. The summed E-state index contributed by atoms with van der Waals surface area (Å²) >= 11 is 0. The quantitative estimate of drug-likeness (QED) is 0.616. The normalized spacial score (nSPS) is 10.1. The number of carbonyl (C=O) groups is 1. The predicted octanol–water partition coefficient (Wildman–Crippen LogP) is 2.72. The lowest BCUT2D eigenvalue weighted by Gasteiger charge is -2.08. The van der Waals surface area contributed by atoms with Gasteiger partial charge in [0.15, 0.2) is 0 Å².